The summed E-state index contributed by atoms with van der Waals surface area (Å²) >= 11 is -0.592. The van der Waals surface area contributed by atoms with Gasteiger partial charge in [-0.1, -0.05) is 40.7 Å². The molecule has 0 N–H and O–H groups in total. The number of likely N-dealkylation sites (N-methyl/N-ethyl adjacent to an activating group) is 1. The molecule has 4 nitrogen and oxygen atoms in total. The van der Waals surface area contributed by atoms with E-state index < -0.39 is 22.6 Å². The largest absolute Gasteiger partial charge is 0.464 e. The van der Waals surface area contributed by atoms with E-state index in [1.165, 1.54) is 6.92 Å². The third kappa shape index (κ3) is 4.00. The van der Waals surface area contributed by atoms with Gasteiger partial charge in [0, 0.05) is 6.54 Å². The van der Waals surface area contributed by atoms with E-state index in [2.05, 4.69) is 0 Å². The molecule has 5 heteroatoms. The first kappa shape index (κ1) is 20.2. The van der Waals surface area contributed by atoms with Crippen molar-refractivity contribution in [2.75, 3.05) is 13.2 Å². The summed E-state index contributed by atoms with van der Waals surface area (Å²) in [6.45, 7) is 7.61. The maximum Gasteiger partial charge on any atom is 0.338 e. The average molecular weight is 373 g/mol. The minimum absolute atomic E-state index is 0.220. The molecular weight excluding hydrogens is 346 g/mol. The lowest BCUT2D eigenvalue weighted by Gasteiger charge is -2.33. The summed E-state index contributed by atoms with van der Waals surface area (Å²) in [7, 11) is 0. The van der Waals surface area contributed by atoms with Gasteiger partial charge in [-0.25, -0.2) is 4.79 Å². The lowest BCUT2D eigenvalue weighted by atomic mass is 9.97. The van der Waals surface area contributed by atoms with Gasteiger partial charge in [-0.2, -0.15) is 0 Å². The Bertz CT molecular complexity index is 696. The van der Waals surface area contributed by atoms with Gasteiger partial charge in [-0.05, 0) is 52.0 Å². The second-order valence-corrected chi connectivity index (χ2v) is 7.91. The van der Waals surface area contributed by atoms with Crippen LogP contribution in [0.4, 0.5) is 0 Å². The normalized spacial score (nSPS) is 13.5. The third-order valence-corrected chi connectivity index (χ3v) is 6.80. The molecular formula is C21H26NO3S+. The van der Waals surface area contributed by atoms with Crippen LogP contribution in [-0.4, -0.2) is 34.7 Å². The van der Waals surface area contributed by atoms with Gasteiger partial charge in [-0.15, -0.1) is 0 Å². The predicted octanol–water partition coefficient (Wildman–Crippen LogP) is 3.87. The Morgan fingerprint density at radius 3 is 1.77 bits per heavy atom. The van der Waals surface area contributed by atoms with Crippen LogP contribution in [0.5, 0.6) is 0 Å². The molecule has 0 saturated heterocycles. The molecule has 2 aromatic carbocycles. The van der Waals surface area contributed by atoms with Crippen molar-refractivity contribution < 1.29 is 14.3 Å². The lowest BCUT2D eigenvalue weighted by Crippen LogP contribution is -2.59. The van der Waals surface area contributed by atoms with Crippen molar-refractivity contribution in [3.63, 3.8) is 0 Å². The number of Topliss-reactive ketones (excluding diaryl/α,β-unsaturated/α-hetero) is 1. The topological polar surface area (TPSA) is 46.6 Å². The minimum Gasteiger partial charge on any atom is -0.464 e. The maximum atomic E-state index is 12.8. The van der Waals surface area contributed by atoms with Gasteiger partial charge >= 0.3 is 5.97 Å². The van der Waals surface area contributed by atoms with Crippen molar-refractivity contribution in [2.45, 2.75) is 43.0 Å². The molecule has 0 spiro atoms. The van der Waals surface area contributed by atoms with Gasteiger partial charge < -0.3 is 4.74 Å². The Labute approximate surface area is 158 Å². The molecule has 2 aromatic rings. The monoisotopic (exact) mass is 372 g/mol. The van der Waals surface area contributed by atoms with Gasteiger partial charge in [0.1, 0.15) is 0 Å². The summed E-state index contributed by atoms with van der Waals surface area (Å²) in [5, 5.41) is 0. The third-order valence-electron chi connectivity index (χ3n) is 4.30. The molecule has 138 valence electrons. The van der Waals surface area contributed by atoms with Crippen LogP contribution in [0, 0.1) is 0 Å². The molecule has 0 bridgehead atoms. The van der Waals surface area contributed by atoms with Crippen LogP contribution < -0.4 is 0 Å². The van der Waals surface area contributed by atoms with Crippen molar-refractivity contribution >= 4 is 22.8 Å². The first-order valence-electron chi connectivity index (χ1n) is 8.77. The molecule has 0 aliphatic heterocycles. The second kappa shape index (κ2) is 9.01. The Kier molecular flexibility index (Phi) is 7.00. The smallest absolute Gasteiger partial charge is 0.338 e. The van der Waals surface area contributed by atoms with E-state index in [0.717, 1.165) is 9.79 Å². The maximum absolute atomic E-state index is 12.8. The quantitative estimate of drug-likeness (QED) is 0.401. The molecule has 0 aliphatic carbocycles. The first-order valence-corrected chi connectivity index (χ1v) is 9.95. The summed E-state index contributed by atoms with van der Waals surface area (Å²) in [4.78, 5) is 27.5. The highest BCUT2D eigenvalue weighted by atomic mass is 32.2. The predicted molar refractivity (Wildman–Crippen MR) is 105 cm³/mol. The summed E-state index contributed by atoms with van der Waals surface area (Å²) in [5.74, 6) is -0.721. The fourth-order valence-corrected chi connectivity index (χ4v) is 5.25. The van der Waals surface area contributed by atoms with Crippen molar-refractivity contribution in [3.05, 3.63) is 60.7 Å². The number of ether oxygens (including phenoxy) is 1. The highest BCUT2D eigenvalue weighted by Gasteiger charge is 2.54. The molecule has 1 unspecified atom stereocenters. The zero-order valence-electron chi connectivity index (χ0n) is 15.8. The zero-order valence-corrected chi connectivity index (χ0v) is 16.6. The van der Waals surface area contributed by atoms with E-state index in [0.29, 0.717) is 6.54 Å². The number of carbonyl (C=O) groups is 2. The van der Waals surface area contributed by atoms with Gasteiger partial charge in [-0.3, -0.25) is 4.79 Å². The fourth-order valence-electron chi connectivity index (χ4n) is 2.81. The second-order valence-electron chi connectivity index (χ2n) is 5.95. The molecule has 26 heavy (non-hydrogen) atoms. The van der Waals surface area contributed by atoms with E-state index in [4.69, 9.17) is 4.74 Å². The van der Waals surface area contributed by atoms with Crippen LogP contribution in [0.15, 0.2) is 70.5 Å². The van der Waals surface area contributed by atoms with Gasteiger partial charge in [0.2, 0.25) is 5.54 Å². The molecule has 1 atom stereocenters. The molecule has 2 rings (SSSR count). The van der Waals surface area contributed by atoms with Crippen molar-refractivity contribution in [1.82, 2.24) is 4.31 Å². The number of nitrogens with zero attached hydrogens (tertiary/aromatic N) is 1. The molecule has 0 heterocycles. The van der Waals surface area contributed by atoms with E-state index in [-0.39, 0.29) is 12.4 Å². The summed E-state index contributed by atoms with van der Waals surface area (Å²) in [6, 6.07) is 19.9. The average Bonchev–Trinajstić information content (AvgIpc) is 2.66. The van der Waals surface area contributed by atoms with Crippen LogP contribution >= 0.6 is 0 Å². The summed E-state index contributed by atoms with van der Waals surface area (Å²) in [6.07, 6.45) is 0. The number of benzene rings is 2. The SMILES string of the molecule is CCOC(=O)C(C)(C(C)=O)N(CC)[S+](c1ccccc1)c1ccccc1. The first-order chi connectivity index (χ1) is 12.5. The number of rotatable bonds is 8. The zero-order chi connectivity index (χ0) is 19.2. The Morgan fingerprint density at radius 1 is 0.962 bits per heavy atom. The molecule has 0 fully saturated rings. The summed E-state index contributed by atoms with van der Waals surface area (Å²) < 4.78 is 7.23. The van der Waals surface area contributed by atoms with E-state index in [1.807, 2.05) is 71.9 Å². The molecule has 0 radical (unpaired) electrons. The Hall–Kier alpha value is -2.11. The van der Waals surface area contributed by atoms with E-state index in [1.54, 1.807) is 13.8 Å². The Morgan fingerprint density at radius 2 is 1.42 bits per heavy atom. The van der Waals surface area contributed by atoms with Crippen molar-refractivity contribution in [2.24, 2.45) is 0 Å². The highest BCUT2D eigenvalue weighted by molar-refractivity contribution is 7.94. The van der Waals surface area contributed by atoms with Gasteiger partial charge in [0.25, 0.3) is 0 Å². The van der Waals surface area contributed by atoms with Gasteiger partial charge in [0.15, 0.2) is 26.7 Å². The standard InChI is InChI=1S/C21H26NO3S/c1-5-22(21(4,17(3)23)20(24)25-6-2)26(18-13-9-7-10-14-18)19-15-11-8-12-16-19/h7-16H,5-6H2,1-4H3/q+1. The van der Waals surface area contributed by atoms with Crippen molar-refractivity contribution in [1.29, 1.82) is 0 Å². The Balaban J connectivity index is 2.63. The van der Waals surface area contributed by atoms with Crippen LogP contribution in [0.1, 0.15) is 27.7 Å². The van der Waals surface area contributed by atoms with Crippen LogP contribution in [-0.2, 0) is 25.4 Å². The summed E-state index contributed by atoms with van der Waals surface area (Å²) in [5.41, 5.74) is -1.35. The van der Waals surface area contributed by atoms with Crippen molar-refractivity contribution in [3.8, 4) is 0 Å². The number of hydrogen-bond acceptors (Lipinski definition) is 4. The van der Waals surface area contributed by atoms with Crippen LogP contribution in [0.25, 0.3) is 0 Å². The number of carbonyl (C=O) groups excluding carboxylic acids is 2. The lowest BCUT2D eigenvalue weighted by molar-refractivity contribution is -0.157. The highest BCUT2D eigenvalue weighted by Crippen LogP contribution is 2.33. The van der Waals surface area contributed by atoms with Crippen LogP contribution in [0.3, 0.4) is 0 Å². The molecule has 0 aromatic heterocycles. The molecule has 0 amide bonds. The van der Waals surface area contributed by atoms with E-state index in [9.17, 15) is 9.59 Å². The van der Waals surface area contributed by atoms with Gasteiger partial charge in [0.05, 0.1) is 6.61 Å². The number of ketones is 1. The minimum atomic E-state index is -1.35. The van der Waals surface area contributed by atoms with E-state index >= 15 is 0 Å². The fraction of sp³-hybridized carbons (Fsp3) is 0.333. The molecule has 0 aliphatic rings. The van der Waals surface area contributed by atoms with Crippen LogP contribution in [0.2, 0.25) is 0 Å². The number of esters is 1. The molecule has 0 saturated carbocycles. The number of hydrogen-bond donors (Lipinski definition) is 0.